The van der Waals surface area contributed by atoms with E-state index in [4.69, 9.17) is 14.2 Å². The van der Waals surface area contributed by atoms with Crippen LogP contribution in [0.15, 0.2) is 60.8 Å². The molecule has 0 saturated carbocycles. The van der Waals surface area contributed by atoms with E-state index < -0.39 is 6.10 Å². The van der Waals surface area contributed by atoms with Crippen LogP contribution in [-0.4, -0.2) is 37.2 Å². The van der Waals surface area contributed by atoms with Crippen molar-refractivity contribution in [2.24, 2.45) is 0 Å². The van der Waals surface area contributed by atoms with Gasteiger partial charge in [0, 0.05) is 19.3 Å². The Morgan fingerprint density at radius 2 is 0.514 bits per heavy atom. The van der Waals surface area contributed by atoms with Gasteiger partial charge in [0.1, 0.15) is 13.2 Å². The lowest BCUT2D eigenvalue weighted by Crippen LogP contribution is -2.30. The lowest BCUT2D eigenvalue weighted by molar-refractivity contribution is -0.167. The zero-order valence-corrected chi connectivity index (χ0v) is 47.9. The maximum atomic E-state index is 12.9. The maximum Gasteiger partial charge on any atom is 0.306 e. The van der Waals surface area contributed by atoms with Gasteiger partial charge in [-0.2, -0.15) is 0 Å². The van der Waals surface area contributed by atoms with Crippen LogP contribution in [0.25, 0.3) is 0 Å². The Morgan fingerprint density at radius 3 is 0.847 bits per heavy atom. The van der Waals surface area contributed by atoms with E-state index in [-0.39, 0.29) is 31.1 Å². The van der Waals surface area contributed by atoms with Crippen molar-refractivity contribution in [2.45, 2.75) is 329 Å². The molecular weight excluding hydrogens is 889 g/mol. The number of esters is 3. The Labute approximate surface area is 447 Å². The van der Waals surface area contributed by atoms with Crippen molar-refractivity contribution in [3.63, 3.8) is 0 Å². The molecular formula is C66H118O6. The van der Waals surface area contributed by atoms with Crippen molar-refractivity contribution in [1.82, 2.24) is 0 Å². The average Bonchev–Trinajstić information content (AvgIpc) is 3.38. The number of hydrogen-bond donors (Lipinski definition) is 0. The normalized spacial score (nSPS) is 12.4. The average molecular weight is 1010 g/mol. The van der Waals surface area contributed by atoms with Crippen LogP contribution in [0.2, 0.25) is 0 Å². The van der Waals surface area contributed by atoms with E-state index in [2.05, 4.69) is 81.5 Å². The second-order valence-corrected chi connectivity index (χ2v) is 21.1. The van der Waals surface area contributed by atoms with Crippen LogP contribution in [0.4, 0.5) is 0 Å². The van der Waals surface area contributed by atoms with Crippen molar-refractivity contribution in [3.8, 4) is 0 Å². The molecule has 1 atom stereocenters. The highest BCUT2D eigenvalue weighted by atomic mass is 16.6. The fourth-order valence-corrected chi connectivity index (χ4v) is 9.10. The summed E-state index contributed by atoms with van der Waals surface area (Å²) < 4.78 is 16.9. The van der Waals surface area contributed by atoms with Gasteiger partial charge in [-0.25, -0.2) is 0 Å². The first-order valence-electron chi connectivity index (χ1n) is 31.3. The first kappa shape index (κ1) is 69.1. The molecule has 0 aromatic carbocycles. The van der Waals surface area contributed by atoms with Crippen molar-refractivity contribution in [2.75, 3.05) is 13.2 Å². The van der Waals surface area contributed by atoms with Crippen LogP contribution in [-0.2, 0) is 28.6 Å². The van der Waals surface area contributed by atoms with Gasteiger partial charge in [-0.3, -0.25) is 14.4 Å². The Balaban J connectivity index is 4.41. The summed E-state index contributed by atoms with van der Waals surface area (Å²) in [5.74, 6) is -0.897. The third-order valence-electron chi connectivity index (χ3n) is 13.8. The SMILES string of the molecule is CCCCC\C=C/C=C\C=C/C=C\CCCCCCCC(=O)OCC(COC(=O)CCCCCCCCCCCCCCCCCCCC)OC(=O)CCCCCCC/C=C\CCCCCCCCCCC. The fourth-order valence-electron chi connectivity index (χ4n) is 9.10. The molecule has 0 radical (unpaired) electrons. The molecule has 0 rings (SSSR count). The Bertz CT molecular complexity index is 1290. The Morgan fingerprint density at radius 1 is 0.278 bits per heavy atom. The number of allylic oxidation sites excluding steroid dienone is 10. The van der Waals surface area contributed by atoms with Gasteiger partial charge in [0.2, 0.25) is 0 Å². The van der Waals surface area contributed by atoms with Crippen molar-refractivity contribution in [1.29, 1.82) is 0 Å². The third kappa shape index (κ3) is 58.0. The summed E-state index contributed by atoms with van der Waals surface area (Å²) in [5.41, 5.74) is 0. The molecule has 72 heavy (non-hydrogen) atoms. The summed E-state index contributed by atoms with van der Waals surface area (Å²) in [5, 5.41) is 0. The molecule has 0 bridgehead atoms. The van der Waals surface area contributed by atoms with Gasteiger partial charge in [-0.1, -0.05) is 293 Å². The molecule has 0 aliphatic carbocycles. The van der Waals surface area contributed by atoms with Gasteiger partial charge in [-0.15, -0.1) is 0 Å². The third-order valence-corrected chi connectivity index (χ3v) is 13.8. The number of carbonyl (C=O) groups is 3. The highest BCUT2D eigenvalue weighted by Crippen LogP contribution is 2.17. The van der Waals surface area contributed by atoms with Crippen LogP contribution in [0.3, 0.4) is 0 Å². The van der Waals surface area contributed by atoms with Crippen molar-refractivity contribution in [3.05, 3.63) is 60.8 Å². The lowest BCUT2D eigenvalue weighted by atomic mass is 10.0. The number of carbonyl (C=O) groups excluding carboxylic acids is 3. The second kappa shape index (κ2) is 60.7. The molecule has 0 aliphatic rings. The Kier molecular flexibility index (Phi) is 58.2. The molecule has 418 valence electrons. The van der Waals surface area contributed by atoms with E-state index in [9.17, 15) is 14.4 Å². The topological polar surface area (TPSA) is 78.9 Å². The number of hydrogen-bond acceptors (Lipinski definition) is 6. The number of unbranched alkanes of at least 4 members (excludes halogenated alkanes) is 39. The van der Waals surface area contributed by atoms with Crippen LogP contribution >= 0.6 is 0 Å². The van der Waals surface area contributed by atoms with Crippen LogP contribution in [0, 0.1) is 0 Å². The van der Waals surface area contributed by atoms with Crippen LogP contribution in [0.1, 0.15) is 323 Å². The first-order valence-corrected chi connectivity index (χ1v) is 31.3. The molecule has 1 unspecified atom stereocenters. The smallest absolute Gasteiger partial charge is 0.306 e. The largest absolute Gasteiger partial charge is 0.462 e. The van der Waals surface area contributed by atoms with Gasteiger partial charge in [0.25, 0.3) is 0 Å². The van der Waals surface area contributed by atoms with Crippen LogP contribution < -0.4 is 0 Å². The molecule has 0 fully saturated rings. The molecule has 0 N–H and O–H groups in total. The minimum atomic E-state index is -0.788. The minimum Gasteiger partial charge on any atom is -0.462 e. The van der Waals surface area contributed by atoms with E-state index in [1.165, 1.54) is 186 Å². The van der Waals surface area contributed by atoms with E-state index in [0.717, 1.165) is 96.3 Å². The van der Waals surface area contributed by atoms with E-state index >= 15 is 0 Å². The summed E-state index contributed by atoms with van der Waals surface area (Å²) in [6.45, 7) is 6.62. The van der Waals surface area contributed by atoms with Gasteiger partial charge in [0.05, 0.1) is 0 Å². The number of ether oxygens (including phenoxy) is 3. The highest BCUT2D eigenvalue weighted by molar-refractivity contribution is 5.71. The molecule has 0 spiro atoms. The monoisotopic (exact) mass is 1010 g/mol. The second-order valence-electron chi connectivity index (χ2n) is 21.1. The van der Waals surface area contributed by atoms with Crippen molar-refractivity contribution < 1.29 is 28.6 Å². The number of rotatable bonds is 57. The molecule has 0 saturated heterocycles. The molecule has 0 aliphatic heterocycles. The highest BCUT2D eigenvalue weighted by Gasteiger charge is 2.19. The summed E-state index contributed by atoms with van der Waals surface area (Å²) in [7, 11) is 0. The molecule has 0 aromatic heterocycles. The summed E-state index contributed by atoms with van der Waals surface area (Å²) in [4.78, 5) is 38.3. The van der Waals surface area contributed by atoms with Gasteiger partial charge in [0.15, 0.2) is 6.10 Å². The Hall–Kier alpha value is -2.89. The van der Waals surface area contributed by atoms with E-state index in [1.54, 1.807) is 0 Å². The van der Waals surface area contributed by atoms with E-state index in [1.807, 2.05) is 0 Å². The van der Waals surface area contributed by atoms with E-state index in [0.29, 0.717) is 19.3 Å². The minimum absolute atomic E-state index is 0.0823. The summed E-state index contributed by atoms with van der Waals surface area (Å²) >= 11 is 0. The van der Waals surface area contributed by atoms with Gasteiger partial charge >= 0.3 is 17.9 Å². The molecule has 0 heterocycles. The molecule has 6 nitrogen and oxygen atoms in total. The molecule has 0 aromatic rings. The fraction of sp³-hybridized carbons (Fsp3) is 0.803. The predicted octanol–water partition coefficient (Wildman–Crippen LogP) is 21.2. The van der Waals surface area contributed by atoms with Gasteiger partial charge < -0.3 is 14.2 Å². The first-order chi connectivity index (χ1) is 35.5. The quantitative estimate of drug-likeness (QED) is 0.0199. The van der Waals surface area contributed by atoms with Gasteiger partial charge in [-0.05, 0) is 70.6 Å². The summed E-state index contributed by atoms with van der Waals surface area (Å²) in [6, 6.07) is 0. The summed E-state index contributed by atoms with van der Waals surface area (Å²) in [6.07, 6.45) is 76.4. The lowest BCUT2D eigenvalue weighted by Gasteiger charge is -2.18. The predicted molar refractivity (Wildman–Crippen MR) is 312 cm³/mol. The maximum absolute atomic E-state index is 12.9. The standard InChI is InChI=1S/C66H118O6/c1-4-7-10-13-16-19-22-25-28-31-34-37-40-43-46-49-52-55-58-64(67)70-61-63(72-66(69)60-57-54-51-48-45-42-39-36-33-30-27-24-21-18-15-12-9-6-3)62-71-65(68)59-56-53-50-47-44-41-38-35-32-29-26-23-20-17-14-11-8-5-2/h16,19,22,25,28,31,34,36-37,39,63H,4-15,17-18,20-21,23-24,26-27,29-30,32-33,35,38,40-62H2,1-3H3/b19-16-,25-22-,31-28-,37-34-,39-36-. The molecule has 6 heteroatoms. The zero-order chi connectivity index (χ0) is 52.2. The van der Waals surface area contributed by atoms with Crippen LogP contribution in [0.5, 0.6) is 0 Å². The zero-order valence-electron chi connectivity index (χ0n) is 47.9. The van der Waals surface area contributed by atoms with Crippen molar-refractivity contribution >= 4 is 17.9 Å². The molecule has 0 amide bonds.